The topological polar surface area (TPSA) is 38.9 Å². The highest BCUT2D eigenvalue weighted by molar-refractivity contribution is 9.10. The van der Waals surface area contributed by atoms with Crippen LogP contribution in [0, 0.1) is 0 Å². The Balaban J connectivity index is 2.13. The predicted molar refractivity (Wildman–Crippen MR) is 76.3 cm³/mol. The number of para-hydroxylation sites is 1. The van der Waals surface area contributed by atoms with Gasteiger partial charge in [0.25, 0.3) is 0 Å². The van der Waals surface area contributed by atoms with Crippen molar-refractivity contribution in [3.05, 3.63) is 40.5 Å². The molecule has 1 aromatic carbocycles. The highest BCUT2D eigenvalue weighted by Gasteiger charge is 2.26. The van der Waals surface area contributed by atoms with Gasteiger partial charge in [-0.25, -0.2) is 4.98 Å². The van der Waals surface area contributed by atoms with Crippen molar-refractivity contribution in [1.29, 1.82) is 0 Å². The molecule has 1 unspecified atom stereocenters. The van der Waals surface area contributed by atoms with Gasteiger partial charge in [-0.1, -0.05) is 18.2 Å². The summed E-state index contributed by atoms with van der Waals surface area (Å²) in [5, 5.41) is 0.964. The van der Waals surface area contributed by atoms with E-state index in [9.17, 15) is 13.2 Å². The third kappa shape index (κ3) is 3.93. The Morgan fingerprint density at radius 1 is 1.25 bits per heavy atom. The van der Waals surface area contributed by atoms with E-state index in [-0.39, 0.29) is 12.8 Å². The van der Waals surface area contributed by atoms with Crippen LogP contribution in [0.5, 0.6) is 0 Å². The van der Waals surface area contributed by atoms with Gasteiger partial charge in [0.15, 0.2) is 0 Å². The van der Waals surface area contributed by atoms with Crippen LogP contribution in [-0.2, 0) is 0 Å². The molecular formula is C14H14BrF3N2. The monoisotopic (exact) mass is 346 g/mol. The van der Waals surface area contributed by atoms with Gasteiger partial charge in [-0.05, 0) is 40.9 Å². The molecule has 0 bridgehead atoms. The number of fused-ring (bicyclic) bond motifs is 1. The number of aromatic nitrogens is 1. The van der Waals surface area contributed by atoms with Gasteiger partial charge >= 0.3 is 6.18 Å². The zero-order chi connectivity index (χ0) is 14.8. The molecule has 0 saturated heterocycles. The summed E-state index contributed by atoms with van der Waals surface area (Å²) in [6, 6.07) is 8.93. The smallest absolute Gasteiger partial charge is 0.323 e. The van der Waals surface area contributed by atoms with Gasteiger partial charge in [0.05, 0.1) is 11.2 Å². The molecule has 0 radical (unpaired) electrons. The first kappa shape index (κ1) is 15.3. The Morgan fingerprint density at radius 2 is 1.95 bits per heavy atom. The molecule has 6 heteroatoms. The minimum absolute atomic E-state index is 0.00557. The molecule has 108 valence electrons. The molecule has 1 atom stereocenters. The van der Waals surface area contributed by atoms with Crippen LogP contribution < -0.4 is 5.73 Å². The summed E-state index contributed by atoms with van der Waals surface area (Å²) in [6.07, 6.45) is -4.69. The Labute approximate surface area is 123 Å². The molecule has 2 nitrogen and oxygen atoms in total. The molecule has 0 aliphatic heterocycles. The van der Waals surface area contributed by atoms with E-state index in [1.165, 1.54) is 0 Å². The minimum Gasteiger partial charge on any atom is -0.323 e. The van der Waals surface area contributed by atoms with E-state index in [0.29, 0.717) is 5.69 Å². The van der Waals surface area contributed by atoms with E-state index in [1.807, 2.05) is 30.3 Å². The zero-order valence-electron chi connectivity index (χ0n) is 10.6. The van der Waals surface area contributed by atoms with Crippen molar-refractivity contribution >= 4 is 26.8 Å². The largest absolute Gasteiger partial charge is 0.389 e. The van der Waals surface area contributed by atoms with E-state index >= 15 is 0 Å². The van der Waals surface area contributed by atoms with Crippen molar-refractivity contribution in [3.63, 3.8) is 0 Å². The summed E-state index contributed by atoms with van der Waals surface area (Å²) in [4.78, 5) is 4.44. The van der Waals surface area contributed by atoms with Crippen molar-refractivity contribution in [2.24, 2.45) is 5.73 Å². The highest BCUT2D eigenvalue weighted by Crippen LogP contribution is 2.29. The van der Waals surface area contributed by atoms with Crippen LogP contribution >= 0.6 is 15.9 Å². The second kappa shape index (κ2) is 6.10. The maximum atomic E-state index is 12.1. The number of benzene rings is 1. The summed E-state index contributed by atoms with van der Waals surface area (Å²) in [6.45, 7) is 0. The predicted octanol–water partition coefficient (Wildman–Crippen LogP) is 4.73. The van der Waals surface area contributed by atoms with Crippen LogP contribution in [0.1, 0.15) is 31.0 Å². The molecule has 1 heterocycles. The summed E-state index contributed by atoms with van der Waals surface area (Å²) in [5.74, 6) is 0. The summed E-state index contributed by atoms with van der Waals surface area (Å²) in [7, 11) is 0. The van der Waals surface area contributed by atoms with Gasteiger partial charge in [0, 0.05) is 22.3 Å². The fourth-order valence-corrected chi connectivity index (χ4v) is 2.65. The van der Waals surface area contributed by atoms with E-state index < -0.39 is 18.6 Å². The summed E-state index contributed by atoms with van der Waals surface area (Å²) < 4.78 is 37.1. The van der Waals surface area contributed by atoms with Crippen LogP contribution in [0.4, 0.5) is 13.2 Å². The Kier molecular flexibility index (Phi) is 4.65. The van der Waals surface area contributed by atoms with Gasteiger partial charge in [0.2, 0.25) is 0 Å². The Hall–Kier alpha value is -1.14. The molecule has 1 aromatic heterocycles. The normalized spacial score (nSPS) is 13.7. The number of nitrogens with zero attached hydrogens (tertiary/aromatic N) is 1. The number of hydrogen-bond donors (Lipinski definition) is 1. The van der Waals surface area contributed by atoms with E-state index in [1.54, 1.807) is 0 Å². The zero-order valence-corrected chi connectivity index (χ0v) is 12.2. The maximum Gasteiger partial charge on any atom is 0.389 e. The molecule has 0 fully saturated rings. The Morgan fingerprint density at radius 3 is 2.65 bits per heavy atom. The van der Waals surface area contributed by atoms with Crippen molar-refractivity contribution in [2.45, 2.75) is 31.5 Å². The van der Waals surface area contributed by atoms with Crippen molar-refractivity contribution in [3.8, 4) is 0 Å². The van der Waals surface area contributed by atoms with Gasteiger partial charge in [0.1, 0.15) is 0 Å². The lowest BCUT2D eigenvalue weighted by Crippen LogP contribution is -2.15. The molecule has 0 spiro atoms. The molecule has 2 rings (SSSR count). The van der Waals surface area contributed by atoms with E-state index in [0.717, 1.165) is 15.4 Å². The van der Waals surface area contributed by atoms with Gasteiger partial charge < -0.3 is 5.73 Å². The third-order valence-corrected chi connectivity index (χ3v) is 3.67. The summed E-state index contributed by atoms with van der Waals surface area (Å²) in [5.41, 5.74) is 7.35. The van der Waals surface area contributed by atoms with Gasteiger partial charge in [-0.2, -0.15) is 13.2 Å². The second-order valence-electron chi connectivity index (χ2n) is 4.66. The minimum atomic E-state index is -4.13. The molecule has 20 heavy (non-hydrogen) atoms. The van der Waals surface area contributed by atoms with Crippen LogP contribution in [0.2, 0.25) is 0 Å². The number of hydrogen-bond acceptors (Lipinski definition) is 2. The van der Waals surface area contributed by atoms with E-state index in [4.69, 9.17) is 5.73 Å². The van der Waals surface area contributed by atoms with Crippen molar-refractivity contribution in [2.75, 3.05) is 0 Å². The molecule has 0 amide bonds. The van der Waals surface area contributed by atoms with Crippen LogP contribution in [-0.4, -0.2) is 11.2 Å². The third-order valence-electron chi connectivity index (χ3n) is 3.03. The lowest BCUT2D eigenvalue weighted by atomic mass is 10.1. The number of halogens is 4. The van der Waals surface area contributed by atoms with Crippen molar-refractivity contribution < 1.29 is 13.2 Å². The van der Waals surface area contributed by atoms with Crippen molar-refractivity contribution in [1.82, 2.24) is 4.98 Å². The van der Waals surface area contributed by atoms with Gasteiger partial charge in [-0.3, -0.25) is 0 Å². The average Bonchev–Trinajstić information content (AvgIpc) is 2.36. The highest BCUT2D eigenvalue weighted by atomic mass is 79.9. The van der Waals surface area contributed by atoms with Crippen LogP contribution in [0.15, 0.2) is 34.8 Å². The molecule has 0 aliphatic rings. The molecule has 2 N–H and O–H groups in total. The molecule has 2 aromatic rings. The van der Waals surface area contributed by atoms with Crippen LogP contribution in [0.25, 0.3) is 10.9 Å². The second-order valence-corrected chi connectivity index (χ2v) is 5.52. The van der Waals surface area contributed by atoms with Gasteiger partial charge in [-0.15, -0.1) is 0 Å². The van der Waals surface area contributed by atoms with Crippen LogP contribution in [0.3, 0.4) is 0 Å². The average molecular weight is 347 g/mol. The SMILES string of the molecule is NC(CCCC(F)(F)F)c1nc2ccccc2cc1Br. The molecule has 0 aliphatic carbocycles. The number of rotatable bonds is 4. The fourth-order valence-electron chi connectivity index (χ4n) is 2.02. The first-order valence-corrected chi connectivity index (χ1v) is 7.03. The molecule has 0 saturated carbocycles. The fraction of sp³-hybridized carbons (Fsp3) is 0.357. The van der Waals surface area contributed by atoms with E-state index in [2.05, 4.69) is 20.9 Å². The first-order chi connectivity index (χ1) is 9.37. The quantitative estimate of drug-likeness (QED) is 0.868. The lowest BCUT2D eigenvalue weighted by Gasteiger charge is -2.14. The number of pyridine rings is 1. The first-order valence-electron chi connectivity index (χ1n) is 6.24. The molecular weight excluding hydrogens is 333 g/mol. The number of nitrogens with two attached hydrogens (primary N) is 1. The lowest BCUT2D eigenvalue weighted by molar-refractivity contribution is -0.135. The standard InChI is InChI=1S/C14H14BrF3N2/c15-10-8-9-4-1-2-6-12(9)20-13(10)11(19)5-3-7-14(16,17)18/h1-2,4,6,8,11H,3,5,7,19H2. The number of alkyl halides is 3. The Bertz CT molecular complexity index is 598. The summed E-state index contributed by atoms with van der Waals surface area (Å²) >= 11 is 3.38. The maximum absolute atomic E-state index is 12.1.